The standard InChI is InChI=1S/C36H26N4O2/c1-23-4-2-6-33(37-23)34-7-3-5-28(38-34)22-42-30-18-12-25(13-19-30)32-21-15-27-9-8-26-14-20-31(39-35(26)36(27)40-32)24-10-16-29(41)17-11-24/h2-21,41H,22H2,1H3. The zero-order valence-corrected chi connectivity index (χ0v) is 22.9. The van der Waals surface area contributed by atoms with E-state index in [4.69, 9.17) is 19.7 Å². The Labute approximate surface area is 243 Å². The first-order valence-corrected chi connectivity index (χ1v) is 13.7. The lowest BCUT2D eigenvalue weighted by molar-refractivity contribution is 0.301. The molecule has 6 nitrogen and oxygen atoms in total. The van der Waals surface area contributed by atoms with E-state index in [0.29, 0.717) is 6.61 Å². The molecule has 4 heterocycles. The molecule has 0 spiro atoms. The summed E-state index contributed by atoms with van der Waals surface area (Å²) in [7, 11) is 0. The molecule has 0 bridgehead atoms. The van der Waals surface area contributed by atoms with Crippen molar-refractivity contribution in [2.45, 2.75) is 13.5 Å². The molecule has 0 radical (unpaired) electrons. The number of nitrogens with zero attached hydrogens (tertiary/aromatic N) is 4. The molecule has 6 heteroatoms. The fourth-order valence-corrected chi connectivity index (χ4v) is 4.99. The summed E-state index contributed by atoms with van der Waals surface area (Å²) in [6.07, 6.45) is 0. The lowest BCUT2D eigenvalue weighted by atomic mass is 10.1. The Balaban J connectivity index is 1.13. The topological polar surface area (TPSA) is 81.0 Å². The monoisotopic (exact) mass is 546 g/mol. The van der Waals surface area contributed by atoms with E-state index in [1.165, 1.54) is 0 Å². The van der Waals surface area contributed by atoms with Crippen LogP contribution >= 0.6 is 0 Å². The van der Waals surface area contributed by atoms with E-state index in [0.717, 1.165) is 72.8 Å². The Hall–Kier alpha value is -5.62. The van der Waals surface area contributed by atoms with Gasteiger partial charge in [0.1, 0.15) is 18.1 Å². The van der Waals surface area contributed by atoms with Gasteiger partial charge in [-0.15, -0.1) is 0 Å². The van der Waals surface area contributed by atoms with Gasteiger partial charge in [0.2, 0.25) is 0 Å². The lowest BCUT2D eigenvalue weighted by Crippen LogP contribution is -2.00. The van der Waals surface area contributed by atoms with Crippen LogP contribution in [0.3, 0.4) is 0 Å². The van der Waals surface area contributed by atoms with Crippen molar-refractivity contribution in [2.24, 2.45) is 0 Å². The van der Waals surface area contributed by atoms with Gasteiger partial charge in [-0.3, -0.25) is 4.98 Å². The zero-order valence-electron chi connectivity index (χ0n) is 22.9. The average Bonchev–Trinajstić information content (AvgIpc) is 3.04. The minimum absolute atomic E-state index is 0.231. The molecule has 0 saturated heterocycles. The molecule has 7 rings (SSSR count). The van der Waals surface area contributed by atoms with Crippen LogP contribution < -0.4 is 4.74 Å². The van der Waals surface area contributed by atoms with E-state index in [-0.39, 0.29) is 5.75 Å². The smallest absolute Gasteiger partial charge is 0.130 e. The van der Waals surface area contributed by atoms with E-state index in [9.17, 15) is 5.11 Å². The first-order valence-electron chi connectivity index (χ1n) is 13.7. The molecule has 0 aliphatic heterocycles. The number of benzene rings is 3. The van der Waals surface area contributed by atoms with E-state index in [2.05, 4.69) is 29.2 Å². The predicted octanol–water partition coefficient (Wildman–Crippen LogP) is 8.17. The number of aromatic hydroxyl groups is 1. The van der Waals surface area contributed by atoms with Crippen molar-refractivity contribution in [2.75, 3.05) is 0 Å². The Kier molecular flexibility index (Phi) is 6.49. The summed E-state index contributed by atoms with van der Waals surface area (Å²) >= 11 is 0. The number of ether oxygens (including phenoxy) is 1. The van der Waals surface area contributed by atoms with Crippen molar-refractivity contribution in [1.29, 1.82) is 0 Å². The first kappa shape index (κ1) is 25.4. The van der Waals surface area contributed by atoms with Crippen molar-refractivity contribution >= 4 is 21.8 Å². The number of hydrogen-bond donors (Lipinski definition) is 1. The molecule has 0 saturated carbocycles. The first-order chi connectivity index (χ1) is 20.6. The summed E-state index contributed by atoms with van der Waals surface area (Å²) in [5.41, 5.74) is 8.78. The largest absolute Gasteiger partial charge is 0.508 e. The fourth-order valence-electron chi connectivity index (χ4n) is 4.99. The summed E-state index contributed by atoms with van der Waals surface area (Å²) in [6, 6.07) is 39.2. The average molecular weight is 547 g/mol. The summed E-state index contributed by atoms with van der Waals surface area (Å²) in [5, 5.41) is 11.7. The molecule has 4 aromatic heterocycles. The number of rotatable bonds is 6. The maximum atomic E-state index is 9.67. The number of fused-ring (bicyclic) bond motifs is 3. The Morgan fingerprint density at radius 2 is 1.07 bits per heavy atom. The van der Waals surface area contributed by atoms with Crippen LogP contribution in [0.15, 0.2) is 121 Å². The van der Waals surface area contributed by atoms with Crippen LogP contribution in [-0.4, -0.2) is 25.0 Å². The Morgan fingerprint density at radius 3 is 1.69 bits per heavy atom. The van der Waals surface area contributed by atoms with Crippen molar-refractivity contribution in [1.82, 2.24) is 19.9 Å². The zero-order chi connectivity index (χ0) is 28.5. The molecule has 7 aromatic rings. The lowest BCUT2D eigenvalue weighted by Gasteiger charge is -2.10. The van der Waals surface area contributed by atoms with Gasteiger partial charge in [-0.05, 0) is 91.9 Å². The van der Waals surface area contributed by atoms with E-state index < -0.39 is 0 Å². The van der Waals surface area contributed by atoms with E-state index in [1.54, 1.807) is 12.1 Å². The minimum Gasteiger partial charge on any atom is -0.508 e. The minimum atomic E-state index is 0.231. The molecule has 0 unspecified atom stereocenters. The highest BCUT2D eigenvalue weighted by Gasteiger charge is 2.10. The van der Waals surface area contributed by atoms with Crippen LogP contribution in [0.1, 0.15) is 11.4 Å². The fraction of sp³-hybridized carbons (Fsp3) is 0.0556. The molecule has 42 heavy (non-hydrogen) atoms. The summed E-state index contributed by atoms with van der Waals surface area (Å²) < 4.78 is 6.06. The van der Waals surface area contributed by atoms with E-state index >= 15 is 0 Å². The van der Waals surface area contributed by atoms with Crippen molar-refractivity contribution in [3.8, 4) is 45.4 Å². The number of phenols is 1. The highest BCUT2D eigenvalue weighted by Crippen LogP contribution is 2.30. The number of phenolic OH excluding ortho intramolecular Hbond substituents is 1. The van der Waals surface area contributed by atoms with Crippen LogP contribution in [0.4, 0.5) is 0 Å². The van der Waals surface area contributed by atoms with Crippen molar-refractivity contribution < 1.29 is 9.84 Å². The van der Waals surface area contributed by atoms with Gasteiger partial charge < -0.3 is 9.84 Å². The molecule has 0 aliphatic carbocycles. The van der Waals surface area contributed by atoms with Crippen LogP contribution in [-0.2, 0) is 6.61 Å². The molecular formula is C36H26N4O2. The number of hydrogen-bond acceptors (Lipinski definition) is 6. The van der Waals surface area contributed by atoms with Gasteiger partial charge in [-0.25, -0.2) is 15.0 Å². The number of pyridine rings is 4. The van der Waals surface area contributed by atoms with Gasteiger partial charge in [0.25, 0.3) is 0 Å². The molecular weight excluding hydrogens is 520 g/mol. The molecule has 0 fully saturated rings. The second-order valence-corrected chi connectivity index (χ2v) is 10.1. The van der Waals surface area contributed by atoms with Gasteiger partial charge in [0.15, 0.2) is 0 Å². The summed E-state index contributed by atoms with van der Waals surface area (Å²) in [6.45, 7) is 2.33. The highest BCUT2D eigenvalue weighted by atomic mass is 16.5. The number of aryl methyl sites for hydroxylation is 1. The maximum Gasteiger partial charge on any atom is 0.130 e. The molecule has 202 valence electrons. The summed E-state index contributed by atoms with van der Waals surface area (Å²) in [5.74, 6) is 0.986. The van der Waals surface area contributed by atoms with Gasteiger partial charge in [0.05, 0.1) is 39.5 Å². The SMILES string of the molecule is Cc1cccc(-c2cccc(COc3ccc(-c4ccc5ccc6ccc(-c7ccc(O)cc7)nc6c5n4)cc3)n2)n1. The third kappa shape index (κ3) is 5.13. The Morgan fingerprint density at radius 1 is 0.524 bits per heavy atom. The van der Waals surface area contributed by atoms with Gasteiger partial charge >= 0.3 is 0 Å². The van der Waals surface area contributed by atoms with Crippen molar-refractivity contribution in [3.63, 3.8) is 0 Å². The molecule has 3 aromatic carbocycles. The van der Waals surface area contributed by atoms with Gasteiger partial charge in [0, 0.05) is 27.6 Å². The second-order valence-electron chi connectivity index (χ2n) is 10.1. The van der Waals surface area contributed by atoms with E-state index in [1.807, 2.05) is 91.9 Å². The van der Waals surface area contributed by atoms with Crippen LogP contribution in [0, 0.1) is 6.92 Å². The molecule has 1 N–H and O–H groups in total. The number of aromatic nitrogens is 4. The van der Waals surface area contributed by atoms with Gasteiger partial charge in [-0.2, -0.15) is 0 Å². The highest BCUT2D eigenvalue weighted by molar-refractivity contribution is 6.04. The van der Waals surface area contributed by atoms with Gasteiger partial charge in [-0.1, -0.05) is 36.4 Å². The third-order valence-electron chi connectivity index (χ3n) is 7.18. The predicted molar refractivity (Wildman–Crippen MR) is 166 cm³/mol. The normalized spacial score (nSPS) is 11.2. The maximum absolute atomic E-state index is 9.67. The Bertz CT molecular complexity index is 2060. The van der Waals surface area contributed by atoms with Crippen molar-refractivity contribution in [3.05, 3.63) is 133 Å². The summed E-state index contributed by atoms with van der Waals surface area (Å²) in [4.78, 5) is 19.3. The quantitative estimate of drug-likeness (QED) is 0.212. The molecule has 0 atom stereocenters. The van der Waals surface area contributed by atoms with Crippen LogP contribution in [0.2, 0.25) is 0 Å². The second kappa shape index (κ2) is 10.7. The molecule has 0 aliphatic rings. The third-order valence-corrected chi connectivity index (χ3v) is 7.18. The van der Waals surface area contributed by atoms with Crippen LogP contribution in [0.5, 0.6) is 11.5 Å². The van der Waals surface area contributed by atoms with Crippen LogP contribution in [0.25, 0.3) is 55.7 Å². The molecule has 0 amide bonds.